The Kier molecular flexibility index (Phi) is 3.57. The zero-order valence-electron chi connectivity index (χ0n) is 11.3. The molecule has 5 nitrogen and oxygen atoms in total. The van der Waals surface area contributed by atoms with Crippen LogP contribution in [0.25, 0.3) is 11.3 Å². The van der Waals surface area contributed by atoms with E-state index in [1.165, 1.54) is 36.5 Å². The van der Waals surface area contributed by atoms with Crippen molar-refractivity contribution < 1.29 is 18.7 Å². The SMILES string of the molecule is O=C(Nc1ncccc1O)c1ccc(-c2ccccc2F)o1. The molecular weight excluding hydrogens is 287 g/mol. The highest BCUT2D eigenvalue weighted by Crippen LogP contribution is 2.25. The Morgan fingerprint density at radius 1 is 1.14 bits per heavy atom. The highest BCUT2D eigenvalue weighted by molar-refractivity contribution is 6.02. The summed E-state index contributed by atoms with van der Waals surface area (Å²) in [7, 11) is 0. The lowest BCUT2D eigenvalue weighted by atomic mass is 10.1. The number of pyridine rings is 1. The van der Waals surface area contributed by atoms with Crippen LogP contribution in [0.1, 0.15) is 10.6 Å². The van der Waals surface area contributed by atoms with Crippen LogP contribution >= 0.6 is 0 Å². The quantitative estimate of drug-likeness (QED) is 0.776. The Morgan fingerprint density at radius 3 is 2.73 bits per heavy atom. The molecule has 0 aliphatic carbocycles. The van der Waals surface area contributed by atoms with Crippen LogP contribution < -0.4 is 5.32 Å². The molecule has 0 unspecified atom stereocenters. The first-order valence-electron chi connectivity index (χ1n) is 6.45. The van der Waals surface area contributed by atoms with E-state index in [2.05, 4.69) is 10.3 Å². The minimum atomic E-state index is -0.586. The summed E-state index contributed by atoms with van der Waals surface area (Å²) in [6, 6.07) is 12.0. The van der Waals surface area contributed by atoms with E-state index < -0.39 is 11.7 Å². The molecule has 1 aromatic carbocycles. The van der Waals surface area contributed by atoms with Crippen LogP contribution in [0, 0.1) is 5.82 Å². The molecule has 0 radical (unpaired) electrons. The van der Waals surface area contributed by atoms with E-state index in [0.29, 0.717) is 0 Å². The van der Waals surface area contributed by atoms with Crippen LogP contribution in [0.2, 0.25) is 0 Å². The average Bonchev–Trinajstić information content (AvgIpc) is 3.00. The molecule has 2 heterocycles. The van der Waals surface area contributed by atoms with E-state index in [1.54, 1.807) is 18.2 Å². The van der Waals surface area contributed by atoms with Gasteiger partial charge in [0, 0.05) is 6.20 Å². The van der Waals surface area contributed by atoms with Crippen molar-refractivity contribution in [3.8, 4) is 17.1 Å². The number of nitrogens with zero attached hydrogens (tertiary/aromatic N) is 1. The zero-order valence-corrected chi connectivity index (χ0v) is 11.3. The Bertz CT molecular complexity index is 830. The monoisotopic (exact) mass is 298 g/mol. The van der Waals surface area contributed by atoms with E-state index in [0.717, 1.165) is 0 Å². The molecule has 3 rings (SSSR count). The summed E-state index contributed by atoms with van der Waals surface area (Å²) < 4.78 is 19.0. The number of aromatic nitrogens is 1. The third kappa shape index (κ3) is 2.67. The van der Waals surface area contributed by atoms with Gasteiger partial charge in [0.2, 0.25) is 0 Å². The lowest BCUT2D eigenvalue weighted by Gasteiger charge is -2.03. The number of hydrogen-bond acceptors (Lipinski definition) is 4. The van der Waals surface area contributed by atoms with Crippen LogP contribution in [0.3, 0.4) is 0 Å². The fourth-order valence-corrected chi connectivity index (χ4v) is 1.93. The van der Waals surface area contributed by atoms with Crippen molar-refractivity contribution in [3.63, 3.8) is 0 Å². The van der Waals surface area contributed by atoms with E-state index in [-0.39, 0.29) is 28.7 Å². The van der Waals surface area contributed by atoms with Gasteiger partial charge in [-0.05, 0) is 36.4 Å². The molecule has 0 fully saturated rings. The summed E-state index contributed by atoms with van der Waals surface area (Å²) >= 11 is 0. The number of nitrogens with one attached hydrogen (secondary N) is 1. The summed E-state index contributed by atoms with van der Waals surface area (Å²) in [5, 5.41) is 12.0. The Morgan fingerprint density at radius 2 is 1.95 bits per heavy atom. The van der Waals surface area contributed by atoms with E-state index in [9.17, 15) is 14.3 Å². The molecule has 3 aromatic rings. The number of furan rings is 1. The number of rotatable bonds is 3. The molecule has 0 aliphatic rings. The number of benzene rings is 1. The van der Waals surface area contributed by atoms with Crippen molar-refractivity contribution in [2.24, 2.45) is 0 Å². The predicted octanol–water partition coefficient (Wildman–Crippen LogP) is 3.44. The summed E-state index contributed by atoms with van der Waals surface area (Å²) in [6.45, 7) is 0. The maximum Gasteiger partial charge on any atom is 0.292 e. The second-order valence-electron chi connectivity index (χ2n) is 4.47. The largest absolute Gasteiger partial charge is 0.504 e. The molecule has 2 N–H and O–H groups in total. The van der Waals surface area contributed by atoms with Crippen molar-refractivity contribution >= 4 is 11.7 Å². The summed E-state index contributed by atoms with van der Waals surface area (Å²) in [5.74, 6) is -0.923. The normalized spacial score (nSPS) is 10.4. The minimum absolute atomic E-state index is 0.0108. The van der Waals surface area contributed by atoms with Crippen molar-refractivity contribution in [2.75, 3.05) is 5.32 Å². The molecule has 0 spiro atoms. The molecule has 1 amide bonds. The molecule has 22 heavy (non-hydrogen) atoms. The van der Waals surface area contributed by atoms with Crippen LogP contribution in [-0.4, -0.2) is 16.0 Å². The van der Waals surface area contributed by atoms with Gasteiger partial charge in [0.15, 0.2) is 17.3 Å². The summed E-state index contributed by atoms with van der Waals surface area (Å²) in [6.07, 6.45) is 1.43. The molecule has 110 valence electrons. The third-order valence-electron chi connectivity index (χ3n) is 2.99. The molecule has 0 atom stereocenters. The highest BCUT2D eigenvalue weighted by Gasteiger charge is 2.15. The lowest BCUT2D eigenvalue weighted by molar-refractivity contribution is 0.0996. The van der Waals surface area contributed by atoms with Crippen molar-refractivity contribution in [2.45, 2.75) is 0 Å². The highest BCUT2D eigenvalue weighted by atomic mass is 19.1. The van der Waals surface area contributed by atoms with Crippen molar-refractivity contribution in [3.05, 3.63) is 66.3 Å². The van der Waals surface area contributed by atoms with Gasteiger partial charge in [0.05, 0.1) is 5.56 Å². The lowest BCUT2D eigenvalue weighted by Crippen LogP contribution is -2.11. The topological polar surface area (TPSA) is 75.4 Å². The van der Waals surface area contributed by atoms with Gasteiger partial charge in [0.1, 0.15) is 11.6 Å². The first-order valence-corrected chi connectivity index (χ1v) is 6.45. The number of amides is 1. The first-order chi connectivity index (χ1) is 10.6. The number of halogens is 1. The Balaban J connectivity index is 1.84. The third-order valence-corrected chi connectivity index (χ3v) is 2.99. The number of carbonyl (C=O) groups is 1. The first kappa shape index (κ1) is 13.8. The van der Waals surface area contributed by atoms with Crippen LogP contribution in [-0.2, 0) is 0 Å². The fraction of sp³-hybridized carbons (Fsp3) is 0. The second-order valence-corrected chi connectivity index (χ2v) is 4.47. The molecule has 2 aromatic heterocycles. The van der Waals surface area contributed by atoms with Crippen LogP contribution in [0.15, 0.2) is 59.1 Å². The second kappa shape index (κ2) is 5.69. The predicted molar refractivity (Wildman–Crippen MR) is 78.0 cm³/mol. The molecular formula is C16H11FN2O3. The fourth-order valence-electron chi connectivity index (χ4n) is 1.93. The van der Waals surface area contributed by atoms with Gasteiger partial charge >= 0.3 is 0 Å². The van der Waals surface area contributed by atoms with Gasteiger partial charge in [-0.2, -0.15) is 0 Å². The van der Waals surface area contributed by atoms with Gasteiger partial charge in [-0.15, -0.1) is 0 Å². The van der Waals surface area contributed by atoms with E-state index in [4.69, 9.17) is 4.42 Å². The van der Waals surface area contributed by atoms with Gasteiger partial charge in [-0.3, -0.25) is 4.79 Å². The molecule has 0 saturated carbocycles. The van der Waals surface area contributed by atoms with Gasteiger partial charge < -0.3 is 14.8 Å². The summed E-state index contributed by atoms with van der Waals surface area (Å²) in [4.78, 5) is 15.9. The van der Waals surface area contributed by atoms with Crippen molar-refractivity contribution in [1.29, 1.82) is 0 Å². The molecule has 6 heteroatoms. The molecule has 0 aliphatic heterocycles. The van der Waals surface area contributed by atoms with Crippen molar-refractivity contribution in [1.82, 2.24) is 4.98 Å². The van der Waals surface area contributed by atoms with Crippen LogP contribution in [0.5, 0.6) is 5.75 Å². The smallest absolute Gasteiger partial charge is 0.292 e. The van der Waals surface area contributed by atoms with E-state index in [1.807, 2.05) is 0 Å². The number of hydrogen-bond donors (Lipinski definition) is 2. The molecule has 0 bridgehead atoms. The minimum Gasteiger partial charge on any atom is -0.504 e. The van der Waals surface area contributed by atoms with E-state index >= 15 is 0 Å². The van der Waals surface area contributed by atoms with Gasteiger partial charge in [-0.1, -0.05) is 12.1 Å². The van der Waals surface area contributed by atoms with Gasteiger partial charge in [0.25, 0.3) is 5.91 Å². The average molecular weight is 298 g/mol. The van der Waals surface area contributed by atoms with Crippen LogP contribution in [0.4, 0.5) is 10.2 Å². The number of anilines is 1. The Labute approximate surface area is 125 Å². The zero-order chi connectivity index (χ0) is 15.5. The number of aromatic hydroxyl groups is 1. The maximum absolute atomic E-state index is 13.7. The van der Waals surface area contributed by atoms with Gasteiger partial charge in [-0.25, -0.2) is 9.37 Å². The Hall–Kier alpha value is -3.15. The molecule has 0 saturated heterocycles. The standard InChI is InChI=1S/C16H11FN2O3/c17-11-5-2-1-4-10(11)13-7-8-14(22-13)16(21)19-15-12(20)6-3-9-18-15/h1-9,20H,(H,18,19,21). The summed E-state index contributed by atoms with van der Waals surface area (Å²) in [5.41, 5.74) is 0.266. The number of carbonyl (C=O) groups excluding carboxylic acids is 1. The maximum atomic E-state index is 13.7.